The largest absolute Gasteiger partial charge is 0.497 e. The van der Waals surface area contributed by atoms with Crippen LogP contribution in [0.25, 0.3) is 0 Å². The maximum absolute atomic E-state index is 13.2. The first-order chi connectivity index (χ1) is 13.8. The third-order valence-corrected chi connectivity index (χ3v) is 4.74. The second-order valence-electron chi connectivity index (χ2n) is 7.01. The molecule has 1 aliphatic heterocycles. The Labute approximate surface area is 170 Å². The lowest BCUT2D eigenvalue weighted by atomic mass is 9.93. The number of amides is 3. The van der Waals surface area contributed by atoms with Crippen LogP contribution in [0.1, 0.15) is 29.7 Å². The zero-order chi connectivity index (χ0) is 21.1. The molecule has 1 heterocycles. The Balaban J connectivity index is 2.01. The van der Waals surface area contributed by atoms with Gasteiger partial charge in [-0.1, -0.05) is 6.07 Å². The standard InChI is InChI=1S/C22H25N3O4/c1-12-8-13(2)10-15(9-12)24-21(26)19-14(3)23-22(27)25-20(19)17-7-6-16(28-4)11-18(17)29-5/h6-11,20H,1-5H3,(H,24,26)(H2,23,25,27)/t20-/m1/s1. The molecule has 0 aliphatic carbocycles. The summed E-state index contributed by atoms with van der Waals surface area (Å²) in [5, 5.41) is 8.45. The van der Waals surface area contributed by atoms with E-state index in [4.69, 9.17) is 9.47 Å². The smallest absolute Gasteiger partial charge is 0.319 e. The zero-order valence-corrected chi connectivity index (χ0v) is 17.2. The molecule has 0 saturated heterocycles. The molecule has 7 heteroatoms. The van der Waals surface area contributed by atoms with Gasteiger partial charge in [-0.25, -0.2) is 4.79 Å². The average molecular weight is 395 g/mol. The predicted molar refractivity (Wildman–Crippen MR) is 111 cm³/mol. The Kier molecular flexibility index (Phi) is 5.77. The highest BCUT2D eigenvalue weighted by Gasteiger charge is 2.33. The summed E-state index contributed by atoms with van der Waals surface area (Å²) in [5.41, 5.74) is 4.35. The van der Waals surface area contributed by atoms with Crippen LogP contribution in [0.3, 0.4) is 0 Å². The van der Waals surface area contributed by atoms with E-state index in [-0.39, 0.29) is 11.9 Å². The lowest BCUT2D eigenvalue weighted by Crippen LogP contribution is -2.46. The number of methoxy groups -OCH3 is 2. The van der Waals surface area contributed by atoms with Crippen LogP contribution in [-0.2, 0) is 4.79 Å². The van der Waals surface area contributed by atoms with Gasteiger partial charge in [0.15, 0.2) is 0 Å². The zero-order valence-electron chi connectivity index (χ0n) is 17.2. The van der Waals surface area contributed by atoms with Crippen molar-refractivity contribution < 1.29 is 19.1 Å². The molecular formula is C22H25N3O4. The van der Waals surface area contributed by atoms with Gasteiger partial charge in [0.05, 0.1) is 25.8 Å². The highest BCUT2D eigenvalue weighted by molar-refractivity contribution is 6.07. The van der Waals surface area contributed by atoms with E-state index >= 15 is 0 Å². The summed E-state index contributed by atoms with van der Waals surface area (Å²) >= 11 is 0. The van der Waals surface area contributed by atoms with Crippen molar-refractivity contribution in [3.63, 3.8) is 0 Å². The fourth-order valence-corrected chi connectivity index (χ4v) is 3.53. The van der Waals surface area contributed by atoms with Crippen molar-refractivity contribution in [3.8, 4) is 11.5 Å². The van der Waals surface area contributed by atoms with Crippen LogP contribution in [0.5, 0.6) is 11.5 Å². The van der Waals surface area contributed by atoms with Crippen LogP contribution in [0.15, 0.2) is 47.7 Å². The minimum absolute atomic E-state index is 0.303. The summed E-state index contributed by atoms with van der Waals surface area (Å²) in [4.78, 5) is 25.3. The number of ether oxygens (including phenoxy) is 2. The third-order valence-electron chi connectivity index (χ3n) is 4.74. The molecule has 0 unspecified atom stereocenters. The fraction of sp³-hybridized carbons (Fsp3) is 0.273. The maximum atomic E-state index is 13.2. The normalized spacial score (nSPS) is 16.0. The molecule has 2 aromatic rings. The van der Waals surface area contributed by atoms with Crippen molar-refractivity contribution in [1.29, 1.82) is 0 Å². The van der Waals surface area contributed by atoms with Crippen LogP contribution in [0, 0.1) is 13.8 Å². The number of benzene rings is 2. The summed E-state index contributed by atoms with van der Waals surface area (Å²) in [6, 6.07) is 10.1. The Morgan fingerprint density at radius 1 is 1.00 bits per heavy atom. The summed E-state index contributed by atoms with van der Waals surface area (Å²) < 4.78 is 10.7. The van der Waals surface area contributed by atoms with Crippen LogP contribution < -0.4 is 25.4 Å². The predicted octanol–water partition coefficient (Wildman–Crippen LogP) is 3.59. The van der Waals surface area contributed by atoms with Gasteiger partial charge in [-0.2, -0.15) is 0 Å². The van der Waals surface area contributed by atoms with Crippen molar-refractivity contribution in [2.24, 2.45) is 0 Å². The number of anilines is 1. The molecule has 2 aromatic carbocycles. The van der Waals surface area contributed by atoms with Crippen LogP contribution in [0.2, 0.25) is 0 Å². The lowest BCUT2D eigenvalue weighted by Gasteiger charge is -2.29. The second-order valence-corrected chi connectivity index (χ2v) is 7.01. The molecule has 0 spiro atoms. The number of carbonyl (C=O) groups is 2. The van der Waals surface area contributed by atoms with Gasteiger partial charge < -0.3 is 25.4 Å². The summed E-state index contributed by atoms with van der Waals surface area (Å²) in [6.45, 7) is 5.65. The van der Waals surface area contributed by atoms with Gasteiger partial charge in [-0.3, -0.25) is 4.79 Å². The van der Waals surface area contributed by atoms with Gasteiger partial charge in [0.25, 0.3) is 5.91 Å². The molecule has 0 saturated carbocycles. The summed E-state index contributed by atoms with van der Waals surface area (Å²) in [6.07, 6.45) is 0. The molecule has 7 nitrogen and oxygen atoms in total. The van der Waals surface area contributed by atoms with E-state index in [9.17, 15) is 9.59 Å². The van der Waals surface area contributed by atoms with Crippen LogP contribution in [-0.4, -0.2) is 26.2 Å². The number of aryl methyl sites for hydroxylation is 2. The van der Waals surface area contributed by atoms with Crippen LogP contribution >= 0.6 is 0 Å². The molecule has 1 atom stereocenters. The number of hydrogen-bond donors (Lipinski definition) is 3. The minimum atomic E-state index is -0.671. The number of hydrogen-bond acceptors (Lipinski definition) is 4. The topological polar surface area (TPSA) is 88.7 Å². The Morgan fingerprint density at radius 2 is 1.69 bits per heavy atom. The van der Waals surface area contributed by atoms with Crippen molar-refractivity contribution >= 4 is 17.6 Å². The Hall–Kier alpha value is -3.48. The van der Waals surface area contributed by atoms with Crippen molar-refractivity contribution in [2.45, 2.75) is 26.8 Å². The number of carbonyl (C=O) groups excluding carboxylic acids is 2. The second kappa shape index (κ2) is 8.26. The van der Waals surface area contributed by atoms with Gasteiger partial charge in [0, 0.05) is 23.0 Å². The molecule has 3 rings (SSSR count). The van der Waals surface area contributed by atoms with Crippen molar-refractivity contribution in [3.05, 3.63) is 64.4 Å². The number of nitrogens with one attached hydrogen (secondary N) is 3. The first kappa shape index (κ1) is 20.3. The van der Waals surface area contributed by atoms with Crippen molar-refractivity contribution in [1.82, 2.24) is 10.6 Å². The molecule has 29 heavy (non-hydrogen) atoms. The summed E-state index contributed by atoms with van der Waals surface area (Å²) in [5.74, 6) is 0.830. The van der Waals surface area contributed by atoms with E-state index in [0.29, 0.717) is 34.0 Å². The molecular weight excluding hydrogens is 370 g/mol. The fourth-order valence-electron chi connectivity index (χ4n) is 3.53. The first-order valence-corrected chi connectivity index (χ1v) is 9.22. The van der Waals surface area contributed by atoms with E-state index in [1.807, 2.05) is 32.0 Å². The SMILES string of the molecule is COc1ccc([C@H]2NC(=O)NC(C)=C2C(=O)Nc2cc(C)cc(C)c2)c(OC)c1. The number of allylic oxidation sites excluding steroid dienone is 1. The Bertz CT molecular complexity index is 977. The third kappa shape index (κ3) is 4.34. The molecule has 0 radical (unpaired) electrons. The molecule has 3 N–H and O–H groups in total. The molecule has 0 aromatic heterocycles. The minimum Gasteiger partial charge on any atom is -0.497 e. The molecule has 1 aliphatic rings. The van der Waals surface area contributed by atoms with E-state index in [1.54, 1.807) is 32.2 Å². The molecule has 3 amide bonds. The van der Waals surface area contributed by atoms with E-state index < -0.39 is 6.04 Å². The van der Waals surface area contributed by atoms with E-state index in [2.05, 4.69) is 16.0 Å². The lowest BCUT2D eigenvalue weighted by molar-refractivity contribution is -0.113. The quantitative estimate of drug-likeness (QED) is 0.722. The van der Waals surface area contributed by atoms with E-state index in [0.717, 1.165) is 11.1 Å². The molecule has 0 fully saturated rings. The van der Waals surface area contributed by atoms with Crippen LogP contribution in [0.4, 0.5) is 10.5 Å². The van der Waals surface area contributed by atoms with Crippen molar-refractivity contribution in [2.75, 3.05) is 19.5 Å². The monoisotopic (exact) mass is 395 g/mol. The molecule has 0 bridgehead atoms. The average Bonchev–Trinajstić information content (AvgIpc) is 2.65. The number of rotatable bonds is 5. The van der Waals surface area contributed by atoms with E-state index in [1.165, 1.54) is 7.11 Å². The van der Waals surface area contributed by atoms with Gasteiger partial charge in [0.1, 0.15) is 11.5 Å². The highest BCUT2D eigenvalue weighted by Crippen LogP contribution is 2.35. The summed E-state index contributed by atoms with van der Waals surface area (Å²) in [7, 11) is 3.10. The van der Waals surface area contributed by atoms with Gasteiger partial charge in [0.2, 0.25) is 0 Å². The highest BCUT2D eigenvalue weighted by atomic mass is 16.5. The first-order valence-electron chi connectivity index (χ1n) is 9.22. The van der Waals surface area contributed by atoms with Gasteiger partial charge in [-0.05, 0) is 56.2 Å². The van der Waals surface area contributed by atoms with Gasteiger partial charge >= 0.3 is 6.03 Å². The number of urea groups is 1. The van der Waals surface area contributed by atoms with Gasteiger partial charge in [-0.15, -0.1) is 0 Å². The molecule has 152 valence electrons. The Morgan fingerprint density at radius 3 is 2.31 bits per heavy atom. The maximum Gasteiger partial charge on any atom is 0.319 e.